The number of hydrogen-bond acceptors (Lipinski definition) is 7. The van der Waals surface area contributed by atoms with Crippen LogP contribution in [-0.2, 0) is 9.59 Å². The van der Waals surface area contributed by atoms with Crippen LogP contribution in [-0.4, -0.2) is 39.8 Å². The second-order valence-electron chi connectivity index (χ2n) is 3.90. The van der Waals surface area contributed by atoms with Crippen LogP contribution in [0.2, 0.25) is 0 Å². The topological polar surface area (TPSA) is 118 Å². The third kappa shape index (κ3) is 4.96. The summed E-state index contributed by atoms with van der Waals surface area (Å²) in [6.45, 7) is 0. The number of rotatable bonds is 5. The van der Waals surface area contributed by atoms with Crippen LogP contribution in [0.25, 0.3) is 0 Å². The van der Waals surface area contributed by atoms with Crippen molar-refractivity contribution < 1.29 is 132 Å². The molecule has 104 valence electrons. The van der Waals surface area contributed by atoms with E-state index < -0.39 is 34.9 Å². The van der Waals surface area contributed by atoms with Gasteiger partial charge in [-0.05, 0) is 12.1 Å². The Bertz CT molecular complexity index is 574. The van der Waals surface area contributed by atoms with Gasteiger partial charge in [0, 0.05) is 0 Å². The second kappa shape index (κ2) is 10.0. The average molecular weight is 371 g/mol. The second-order valence-corrected chi connectivity index (χ2v) is 4.96. The third-order valence-electron chi connectivity index (χ3n) is 2.68. The molecule has 0 radical (unpaired) electrons. The Hall–Kier alpha value is 0.923. The summed E-state index contributed by atoms with van der Waals surface area (Å²) in [7, 11) is 0. The molecule has 10 heteroatoms. The van der Waals surface area contributed by atoms with Crippen molar-refractivity contribution in [3.05, 3.63) is 35.4 Å². The average Bonchev–Trinajstić information content (AvgIpc) is 2.63. The minimum absolute atomic E-state index is 0. The van der Waals surface area contributed by atoms with Crippen LogP contribution in [0.5, 0.6) is 0 Å². The molecule has 0 bridgehead atoms. The van der Waals surface area contributed by atoms with Crippen LogP contribution >= 0.6 is 11.8 Å². The zero-order chi connectivity index (χ0) is 14.9. The summed E-state index contributed by atoms with van der Waals surface area (Å²) in [6.07, 6.45) is 0. The molecule has 0 unspecified atom stereocenters. The summed E-state index contributed by atoms with van der Waals surface area (Å²) < 4.78 is 0. The molecule has 0 fully saturated rings. The fraction of sp³-hybridized carbons (Fsp3) is 0.167. The number of nitrogens with zero attached hydrogens (tertiary/aromatic N) is 1. The van der Waals surface area contributed by atoms with Crippen LogP contribution in [0.3, 0.4) is 0 Å². The van der Waals surface area contributed by atoms with Crippen LogP contribution in [0.15, 0.2) is 24.3 Å². The number of hydrogen-bond donors (Lipinski definition) is 0. The van der Waals surface area contributed by atoms with Crippen LogP contribution in [0, 0.1) is 0 Å². The predicted molar refractivity (Wildman–Crippen MR) is 63.2 cm³/mol. The minimum Gasteiger partial charge on any atom is -0.549 e. The van der Waals surface area contributed by atoms with E-state index in [4.69, 9.17) is 0 Å². The molecule has 1 aliphatic heterocycles. The van der Waals surface area contributed by atoms with E-state index in [0.717, 1.165) is 4.90 Å². The smallest absolute Gasteiger partial charge is 0.549 e. The SMILES string of the molecule is O=C([O-])C(SCN1C(=O)c2ccccc2C1=O)C(=O)[O-].[K+].[K+]. The summed E-state index contributed by atoms with van der Waals surface area (Å²) in [5, 5.41) is 19.2. The number of carboxylic acid groups (broad SMARTS) is 2. The number of aliphatic carboxylic acids is 2. The van der Waals surface area contributed by atoms with E-state index in [1.807, 2.05) is 0 Å². The van der Waals surface area contributed by atoms with Gasteiger partial charge in [0.25, 0.3) is 11.8 Å². The number of imide groups is 1. The molecule has 0 saturated heterocycles. The molecule has 2 amide bonds. The number of carbonyl (C=O) groups is 4. The number of benzene rings is 1. The van der Waals surface area contributed by atoms with E-state index in [9.17, 15) is 29.4 Å². The molecule has 0 atom stereocenters. The van der Waals surface area contributed by atoms with E-state index in [1.54, 1.807) is 12.1 Å². The van der Waals surface area contributed by atoms with E-state index >= 15 is 0 Å². The Morgan fingerprint density at radius 2 is 1.41 bits per heavy atom. The Balaban J connectivity index is 0.00000220. The molecule has 0 aromatic heterocycles. The summed E-state index contributed by atoms with van der Waals surface area (Å²) in [6, 6.07) is 6.11. The Morgan fingerprint density at radius 1 is 1.00 bits per heavy atom. The molecule has 2 rings (SSSR count). The standard InChI is InChI=1S/C12H9NO6S.2K/c14-9-6-3-1-2-4-7(6)10(15)13(9)5-20-8(11(16)17)12(18)19;;/h1-4,8H,5H2,(H,16,17)(H,18,19);;/q;2*+1/p-2. The first-order valence-electron chi connectivity index (χ1n) is 5.42. The first-order valence-corrected chi connectivity index (χ1v) is 6.47. The normalized spacial score (nSPS) is 12.5. The quantitative estimate of drug-likeness (QED) is 0.287. The molecule has 0 saturated carbocycles. The third-order valence-corrected chi connectivity index (χ3v) is 3.80. The Labute approximate surface area is 215 Å². The van der Waals surface area contributed by atoms with Gasteiger partial charge in [-0.3, -0.25) is 14.5 Å². The molecule has 0 spiro atoms. The molecule has 1 aromatic rings. The van der Waals surface area contributed by atoms with Crippen molar-refractivity contribution in [3.8, 4) is 0 Å². The van der Waals surface area contributed by atoms with Gasteiger partial charge in [-0.2, -0.15) is 0 Å². The van der Waals surface area contributed by atoms with Crippen LogP contribution < -0.4 is 113 Å². The van der Waals surface area contributed by atoms with Gasteiger partial charge >= 0.3 is 103 Å². The van der Waals surface area contributed by atoms with Crippen LogP contribution in [0.1, 0.15) is 20.7 Å². The van der Waals surface area contributed by atoms with Crippen molar-refractivity contribution in [1.82, 2.24) is 4.90 Å². The largest absolute Gasteiger partial charge is 1.00 e. The molecule has 1 heterocycles. The van der Waals surface area contributed by atoms with Gasteiger partial charge in [-0.1, -0.05) is 12.1 Å². The molecule has 7 nitrogen and oxygen atoms in total. The number of carboxylic acids is 2. The summed E-state index contributed by atoms with van der Waals surface area (Å²) in [5.41, 5.74) is 0.410. The van der Waals surface area contributed by atoms with Crippen molar-refractivity contribution in [3.63, 3.8) is 0 Å². The fourth-order valence-corrected chi connectivity index (χ4v) is 2.54. The van der Waals surface area contributed by atoms with Crippen molar-refractivity contribution >= 4 is 35.5 Å². The maximum atomic E-state index is 11.9. The molecule has 1 aliphatic rings. The van der Waals surface area contributed by atoms with E-state index in [2.05, 4.69) is 0 Å². The number of thioether (sulfide) groups is 1. The molecular formula is C12H7K2NO6S. The maximum Gasteiger partial charge on any atom is 1.00 e. The first kappa shape index (κ1) is 22.9. The Kier molecular flexibility index (Phi) is 10.5. The molecule has 0 N–H and O–H groups in total. The monoisotopic (exact) mass is 371 g/mol. The predicted octanol–water partition coefficient (Wildman–Crippen LogP) is -8.15. The molecular weight excluding hydrogens is 364 g/mol. The van der Waals surface area contributed by atoms with Gasteiger partial charge in [0.15, 0.2) is 0 Å². The van der Waals surface area contributed by atoms with Gasteiger partial charge in [-0.15, -0.1) is 11.8 Å². The van der Waals surface area contributed by atoms with Gasteiger partial charge < -0.3 is 19.8 Å². The van der Waals surface area contributed by atoms with Crippen molar-refractivity contribution in [2.45, 2.75) is 5.25 Å². The van der Waals surface area contributed by atoms with Crippen LogP contribution in [0.4, 0.5) is 0 Å². The van der Waals surface area contributed by atoms with Gasteiger partial charge in [0.2, 0.25) is 0 Å². The molecule has 22 heavy (non-hydrogen) atoms. The summed E-state index contributed by atoms with van der Waals surface area (Å²) in [4.78, 5) is 45.8. The first-order chi connectivity index (χ1) is 9.43. The molecule has 0 aliphatic carbocycles. The van der Waals surface area contributed by atoms with Gasteiger partial charge in [0.05, 0.1) is 34.2 Å². The van der Waals surface area contributed by atoms with Crippen molar-refractivity contribution in [1.29, 1.82) is 0 Å². The van der Waals surface area contributed by atoms with Crippen molar-refractivity contribution in [2.75, 3.05) is 5.88 Å². The Morgan fingerprint density at radius 3 is 1.77 bits per heavy atom. The summed E-state index contributed by atoms with van der Waals surface area (Å²) >= 11 is 0.373. The number of fused-ring (bicyclic) bond motifs is 1. The minimum atomic E-state index is -1.95. The number of carbonyl (C=O) groups excluding carboxylic acids is 4. The zero-order valence-electron chi connectivity index (χ0n) is 11.9. The molecule has 1 aromatic carbocycles. The van der Waals surface area contributed by atoms with Crippen molar-refractivity contribution in [2.24, 2.45) is 0 Å². The van der Waals surface area contributed by atoms with Gasteiger partial charge in [0.1, 0.15) is 0 Å². The fourth-order valence-electron chi connectivity index (χ4n) is 1.74. The zero-order valence-corrected chi connectivity index (χ0v) is 19.0. The number of amides is 2. The van der Waals surface area contributed by atoms with E-state index in [0.29, 0.717) is 11.8 Å². The summed E-state index contributed by atoms with van der Waals surface area (Å²) in [5.74, 6) is -5.26. The van der Waals surface area contributed by atoms with E-state index in [1.165, 1.54) is 12.1 Å². The van der Waals surface area contributed by atoms with E-state index in [-0.39, 0.29) is 114 Å². The van der Waals surface area contributed by atoms with Gasteiger partial charge in [-0.25, -0.2) is 0 Å². The maximum absolute atomic E-state index is 11.9.